The van der Waals surface area contributed by atoms with Crippen LogP contribution < -0.4 is 9.80 Å². The first-order chi connectivity index (χ1) is 39.0. The monoisotopic (exact) mass is 1010 g/mol. The number of anilines is 6. The quantitative estimate of drug-likeness (QED) is 0.166. The lowest BCUT2D eigenvalue weighted by atomic mass is 9.59. The minimum absolute atomic E-state index is 0.861. The first kappa shape index (κ1) is 45.1. The van der Waals surface area contributed by atoms with E-state index in [1.807, 2.05) is 0 Å². The van der Waals surface area contributed by atoms with E-state index in [1.165, 1.54) is 55.6 Å². The van der Waals surface area contributed by atoms with E-state index in [1.54, 1.807) is 0 Å². The first-order valence-corrected chi connectivity index (χ1v) is 27.2. The van der Waals surface area contributed by atoms with Crippen LogP contribution in [0.2, 0.25) is 0 Å². The number of para-hydroxylation sites is 6. The summed E-state index contributed by atoms with van der Waals surface area (Å²) in [5.74, 6) is 0. The second-order valence-corrected chi connectivity index (χ2v) is 21.2. The molecule has 12 aromatic carbocycles. The molecule has 4 heteroatoms. The molecular formula is C75H50N2O2. The van der Waals surface area contributed by atoms with Gasteiger partial charge in [0, 0.05) is 44.0 Å². The summed E-state index contributed by atoms with van der Waals surface area (Å²) in [5, 5.41) is 4.42. The molecule has 2 aliphatic heterocycles. The molecule has 0 atom stereocenters. The molecule has 79 heavy (non-hydrogen) atoms. The average molecular weight is 1010 g/mol. The Bertz CT molecular complexity index is 4560. The minimum atomic E-state index is -0.861. The summed E-state index contributed by atoms with van der Waals surface area (Å²) in [6.45, 7) is 4.45. The average Bonchev–Trinajstić information content (AvgIpc) is 3.19. The third-order valence-electron chi connectivity index (χ3n) is 16.9. The molecule has 0 saturated heterocycles. The highest BCUT2D eigenvalue weighted by Crippen LogP contribution is 2.65. The first-order valence-electron chi connectivity index (χ1n) is 27.2. The lowest BCUT2D eigenvalue weighted by molar-refractivity contribution is 0.669. The lowest BCUT2D eigenvalue weighted by Gasteiger charge is -2.51. The number of furan rings is 2. The molecule has 16 rings (SSSR count). The summed E-state index contributed by atoms with van der Waals surface area (Å²) in [4.78, 5) is 4.99. The van der Waals surface area contributed by atoms with Gasteiger partial charge in [-0.05, 0) is 153 Å². The van der Waals surface area contributed by atoms with Crippen molar-refractivity contribution in [2.75, 3.05) is 9.80 Å². The van der Waals surface area contributed by atoms with E-state index in [0.717, 1.165) is 100 Å². The largest absolute Gasteiger partial charge is 0.455 e. The van der Waals surface area contributed by atoms with Crippen molar-refractivity contribution in [2.24, 2.45) is 0 Å². The molecule has 2 aromatic heterocycles. The number of hydrogen-bond donors (Lipinski definition) is 0. The van der Waals surface area contributed by atoms with Crippen molar-refractivity contribution < 1.29 is 8.83 Å². The highest BCUT2D eigenvalue weighted by atomic mass is 16.3. The van der Waals surface area contributed by atoms with Crippen LogP contribution in [0.25, 0.3) is 88.4 Å². The van der Waals surface area contributed by atoms with E-state index in [-0.39, 0.29) is 0 Å². The van der Waals surface area contributed by atoms with E-state index < -0.39 is 5.41 Å². The maximum atomic E-state index is 6.84. The van der Waals surface area contributed by atoms with Gasteiger partial charge in [-0.25, -0.2) is 0 Å². The minimum Gasteiger partial charge on any atom is -0.455 e. The van der Waals surface area contributed by atoms with Crippen LogP contribution in [0.3, 0.4) is 0 Å². The Kier molecular flexibility index (Phi) is 9.95. The molecule has 2 aliphatic rings. The van der Waals surface area contributed by atoms with Gasteiger partial charge in [0.25, 0.3) is 0 Å². The summed E-state index contributed by atoms with van der Waals surface area (Å²) >= 11 is 0. The fraction of sp³-hybridized carbons (Fsp3) is 0.0400. The van der Waals surface area contributed by atoms with Crippen molar-refractivity contribution in [1.29, 1.82) is 0 Å². The SMILES string of the molecule is Cc1ccccc1-c1ccc(N2c3ccccc3C3(c4ccccc42)c2cc(-c4cccc5c4oc4ccccc45)ccc2N(c2ccc(-c4ccccc4)cc2)c2ccc(-c4cccc5c4oc4ccccc45)cc23)cc1C. The molecule has 0 bridgehead atoms. The predicted molar refractivity (Wildman–Crippen MR) is 327 cm³/mol. The number of aryl methyl sites for hydroxylation is 2. The molecule has 0 unspecified atom stereocenters. The van der Waals surface area contributed by atoms with Gasteiger partial charge in [-0.2, -0.15) is 0 Å². The Morgan fingerprint density at radius 1 is 0.278 bits per heavy atom. The number of nitrogens with zero attached hydrogens (tertiary/aromatic N) is 2. The second kappa shape index (κ2) is 17.4. The van der Waals surface area contributed by atoms with E-state index in [2.05, 4.69) is 291 Å². The van der Waals surface area contributed by atoms with Crippen LogP contribution in [0.4, 0.5) is 34.1 Å². The van der Waals surface area contributed by atoms with Crippen LogP contribution in [0.15, 0.2) is 276 Å². The van der Waals surface area contributed by atoms with Crippen molar-refractivity contribution in [3.8, 4) is 44.5 Å². The Balaban J connectivity index is 1.01. The van der Waals surface area contributed by atoms with Crippen LogP contribution in [0.1, 0.15) is 33.4 Å². The smallest absolute Gasteiger partial charge is 0.143 e. The molecule has 0 amide bonds. The number of rotatable bonds is 6. The van der Waals surface area contributed by atoms with Gasteiger partial charge in [0.05, 0.1) is 28.2 Å². The Hall–Kier alpha value is -10.2. The molecule has 0 aliphatic carbocycles. The van der Waals surface area contributed by atoms with E-state index in [4.69, 9.17) is 8.83 Å². The standard InChI is InChI=1S/C75H50N2O2/c1-47-18-6-7-21-55(47)56-41-40-54(44-48(56)2)77-67-30-12-10-28-63(67)75(64-29-11-13-31-68(64)77)65-45-51(57-24-16-26-61-59-22-8-14-32-71(59)78-73(57)61)36-42-69(65)76(53-38-34-50(35-39-53)49-19-4-3-5-20-49)70-43-37-52(46-66(70)75)58-25-17-27-62-60-23-9-15-33-72(60)79-74(58)62/h3-46H,1-2H3. The van der Waals surface area contributed by atoms with Gasteiger partial charge in [0.2, 0.25) is 0 Å². The van der Waals surface area contributed by atoms with Crippen molar-refractivity contribution in [2.45, 2.75) is 19.3 Å². The number of benzene rings is 12. The van der Waals surface area contributed by atoms with Crippen molar-refractivity contribution >= 4 is 78.0 Å². The Labute approximate surface area is 458 Å². The maximum absolute atomic E-state index is 6.84. The second-order valence-electron chi connectivity index (χ2n) is 21.2. The van der Waals surface area contributed by atoms with Gasteiger partial charge in [0.15, 0.2) is 0 Å². The van der Waals surface area contributed by atoms with Gasteiger partial charge in [-0.15, -0.1) is 0 Å². The van der Waals surface area contributed by atoms with Gasteiger partial charge in [0.1, 0.15) is 22.3 Å². The molecule has 0 fully saturated rings. The summed E-state index contributed by atoms with van der Waals surface area (Å²) in [6, 6.07) is 97.8. The van der Waals surface area contributed by atoms with Crippen LogP contribution in [-0.4, -0.2) is 0 Å². The van der Waals surface area contributed by atoms with Gasteiger partial charge in [-0.1, -0.05) is 194 Å². The van der Waals surface area contributed by atoms with Crippen molar-refractivity contribution in [3.63, 3.8) is 0 Å². The van der Waals surface area contributed by atoms with Crippen LogP contribution in [-0.2, 0) is 5.41 Å². The Morgan fingerprint density at radius 3 is 1.29 bits per heavy atom. The molecule has 0 radical (unpaired) electrons. The summed E-state index contributed by atoms with van der Waals surface area (Å²) < 4.78 is 13.7. The Morgan fingerprint density at radius 2 is 0.709 bits per heavy atom. The molecule has 0 saturated carbocycles. The molecule has 14 aromatic rings. The van der Waals surface area contributed by atoms with E-state index in [9.17, 15) is 0 Å². The highest BCUT2D eigenvalue weighted by molar-refractivity contribution is 6.11. The number of hydrogen-bond acceptors (Lipinski definition) is 4. The zero-order valence-electron chi connectivity index (χ0n) is 43.6. The highest BCUT2D eigenvalue weighted by Gasteiger charge is 2.52. The summed E-state index contributed by atoms with van der Waals surface area (Å²) in [7, 11) is 0. The predicted octanol–water partition coefficient (Wildman–Crippen LogP) is 20.7. The van der Waals surface area contributed by atoms with E-state index >= 15 is 0 Å². The van der Waals surface area contributed by atoms with Crippen LogP contribution in [0.5, 0.6) is 0 Å². The van der Waals surface area contributed by atoms with E-state index in [0.29, 0.717) is 0 Å². The molecule has 1 spiro atoms. The van der Waals surface area contributed by atoms with Crippen LogP contribution in [0, 0.1) is 13.8 Å². The molecule has 4 nitrogen and oxygen atoms in total. The fourth-order valence-electron chi connectivity index (χ4n) is 13.4. The van der Waals surface area contributed by atoms with Gasteiger partial charge in [-0.3, -0.25) is 0 Å². The lowest BCUT2D eigenvalue weighted by Crippen LogP contribution is -2.42. The fourth-order valence-corrected chi connectivity index (χ4v) is 13.4. The third-order valence-corrected chi connectivity index (χ3v) is 16.9. The van der Waals surface area contributed by atoms with Crippen LogP contribution >= 0.6 is 0 Å². The van der Waals surface area contributed by atoms with Gasteiger partial charge < -0.3 is 18.6 Å². The molecule has 0 N–H and O–H groups in total. The zero-order valence-corrected chi connectivity index (χ0v) is 43.6. The summed E-state index contributed by atoms with van der Waals surface area (Å²) in [5.41, 5.74) is 25.6. The van der Waals surface area contributed by atoms with Crippen molar-refractivity contribution in [1.82, 2.24) is 0 Å². The normalized spacial score (nSPS) is 13.2. The maximum Gasteiger partial charge on any atom is 0.143 e. The van der Waals surface area contributed by atoms with Crippen molar-refractivity contribution in [3.05, 3.63) is 300 Å². The van der Waals surface area contributed by atoms with Gasteiger partial charge >= 0.3 is 0 Å². The number of fused-ring (bicyclic) bond motifs is 14. The zero-order chi connectivity index (χ0) is 52.3. The molecule has 4 heterocycles. The third kappa shape index (κ3) is 6.68. The topological polar surface area (TPSA) is 32.8 Å². The molecule has 372 valence electrons. The molecular weight excluding hydrogens is 961 g/mol. The summed E-state index contributed by atoms with van der Waals surface area (Å²) in [6.07, 6.45) is 0.